The molecule has 0 saturated carbocycles. The molecule has 6 heteroatoms. The molecule has 1 unspecified atom stereocenters. The van der Waals surface area contributed by atoms with Crippen LogP contribution in [0.4, 0.5) is 5.69 Å². The van der Waals surface area contributed by atoms with Gasteiger partial charge in [0, 0.05) is 24.8 Å². The Morgan fingerprint density at radius 2 is 1.86 bits per heavy atom. The molecule has 118 valence electrons. The molecule has 5 nitrogen and oxygen atoms in total. The lowest BCUT2D eigenvalue weighted by atomic mass is 10.2. The molecular formula is C15H25N3O2S. The lowest BCUT2D eigenvalue weighted by Crippen LogP contribution is -2.38. The summed E-state index contributed by atoms with van der Waals surface area (Å²) in [7, 11) is -3.24. The van der Waals surface area contributed by atoms with Gasteiger partial charge in [0.25, 0.3) is 0 Å². The van der Waals surface area contributed by atoms with Gasteiger partial charge in [0.2, 0.25) is 10.0 Å². The first-order valence-electron chi connectivity index (χ1n) is 7.52. The van der Waals surface area contributed by atoms with Crippen molar-refractivity contribution < 1.29 is 8.42 Å². The van der Waals surface area contributed by atoms with Gasteiger partial charge < -0.3 is 5.73 Å². The van der Waals surface area contributed by atoms with Crippen LogP contribution in [-0.4, -0.2) is 49.8 Å². The van der Waals surface area contributed by atoms with E-state index in [4.69, 9.17) is 5.73 Å². The number of nitrogens with zero attached hydrogens (tertiary/aromatic N) is 2. The zero-order valence-electron chi connectivity index (χ0n) is 12.8. The predicted molar refractivity (Wildman–Crippen MR) is 86.4 cm³/mol. The maximum atomic E-state index is 12.5. The summed E-state index contributed by atoms with van der Waals surface area (Å²) in [5, 5.41) is 0. The van der Waals surface area contributed by atoms with Crippen molar-refractivity contribution in [3.63, 3.8) is 0 Å². The zero-order chi connectivity index (χ0) is 15.5. The molecular weight excluding hydrogens is 286 g/mol. The SMILES string of the molecule is CCN(CC)C1CCN(S(=O)(=O)Cc2ccc(N)cc2)C1. The standard InChI is InChI=1S/C15H25N3O2S/c1-3-17(4-2)15-9-10-18(11-15)21(19,20)12-13-5-7-14(16)8-6-13/h5-8,15H,3-4,9-12,16H2,1-2H3. The van der Waals surface area contributed by atoms with E-state index in [0.29, 0.717) is 24.8 Å². The smallest absolute Gasteiger partial charge is 0.218 e. The predicted octanol–water partition coefficient (Wildman–Crippen LogP) is 1.51. The van der Waals surface area contributed by atoms with Gasteiger partial charge in [0.05, 0.1) is 5.75 Å². The van der Waals surface area contributed by atoms with Gasteiger partial charge in [-0.2, -0.15) is 0 Å². The van der Waals surface area contributed by atoms with Gasteiger partial charge >= 0.3 is 0 Å². The lowest BCUT2D eigenvalue weighted by Gasteiger charge is -2.26. The Bertz CT molecular complexity index is 553. The first-order chi connectivity index (χ1) is 9.96. The molecule has 1 saturated heterocycles. The van der Waals surface area contributed by atoms with Crippen molar-refractivity contribution in [1.29, 1.82) is 0 Å². The van der Waals surface area contributed by atoms with Crippen molar-refractivity contribution >= 4 is 15.7 Å². The van der Waals surface area contributed by atoms with E-state index in [1.807, 2.05) is 0 Å². The van der Waals surface area contributed by atoms with E-state index in [1.165, 1.54) is 0 Å². The van der Waals surface area contributed by atoms with Gasteiger partial charge in [0.1, 0.15) is 0 Å². The topological polar surface area (TPSA) is 66.6 Å². The highest BCUT2D eigenvalue weighted by Crippen LogP contribution is 2.21. The number of benzene rings is 1. The number of nitrogen functional groups attached to an aromatic ring is 1. The Morgan fingerprint density at radius 1 is 1.24 bits per heavy atom. The molecule has 1 aromatic carbocycles. The molecule has 21 heavy (non-hydrogen) atoms. The first-order valence-corrected chi connectivity index (χ1v) is 9.13. The summed E-state index contributed by atoms with van der Waals surface area (Å²) in [5.74, 6) is 0.0538. The number of sulfonamides is 1. The van der Waals surface area contributed by atoms with Crippen LogP contribution >= 0.6 is 0 Å². The lowest BCUT2D eigenvalue weighted by molar-refractivity contribution is 0.224. The number of hydrogen-bond donors (Lipinski definition) is 1. The average molecular weight is 311 g/mol. The number of rotatable bonds is 6. The normalized spacial score (nSPS) is 20.2. The number of hydrogen-bond acceptors (Lipinski definition) is 4. The van der Waals surface area contributed by atoms with E-state index < -0.39 is 10.0 Å². The zero-order valence-corrected chi connectivity index (χ0v) is 13.6. The molecule has 0 aliphatic carbocycles. The molecule has 0 radical (unpaired) electrons. The van der Waals surface area contributed by atoms with Crippen LogP contribution in [0.2, 0.25) is 0 Å². The molecule has 1 heterocycles. The molecule has 0 spiro atoms. The molecule has 1 aromatic rings. The van der Waals surface area contributed by atoms with E-state index in [9.17, 15) is 8.42 Å². The van der Waals surface area contributed by atoms with Gasteiger partial charge in [-0.1, -0.05) is 26.0 Å². The van der Waals surface area contributed by atoms with Crippen molar-refractivity contribution in [2.45, 2.75) is 32.1 Å². The molecule has 0 aromatic heterocycles. The Morgan fingerprint density at radius 3 is 2.43 bits per heavy atom. The summed E-state index contributed by atoms with van der Waals surface area (Å²) in [5.41, 5.74) is 7.07. The maximum Gasteiger partial charge on any atom is 0.218 e. The molecule has 0 bridgehead atoms. The second kappa shape index (κ2) is 6.77. The third-order valence-electron chi connectivity index (χ3n) is 4.18. The quantitative estimate of drug-likeness (QED) is 0.809. The van der Waals surface area contributed by atoms with E-state index in [2.05, 4.69) is 18.7 Å². The van der Waals surface area contributed by atoms with Gasteiger partial charge in [-0.05, 0) is 37.2 Å². The third kappa shape index (κ3) is 3.96. The Labute approximate surface area is 127 Å². The number of likely N-dealkylation sites (N-methyl/N-ethyl adjacent to an activating group) is 1. The van der Waals surface area contributed by atoms with Gasteiger partial charge in [-0.15, -0.1) is 0 Å². The van der Waals surface area contributed by atoms with E-state index in [-0.39, 0.29) is 5.75 Å². The van der Waals surface area contributed by atoms with Gasteiger partial charge in [-0.3, -0.25) is 4.90 Å². The van der Waals surface area contributed by atoms with Crippen LogP contribution in [0.15, 0.2) is 24.3 Å². The Kier molecular flexibility index (Phi) is 5.24. The van der Waals surface area contributed by atoms with Crippen LogP contribution in [0.1, 0.15) is 25.8 Å². The second-order valence-corrected chi connectivity index (χ2v) is 7.49. The van der Waals surface area contributed by atoms with Crippen LogP contribution in [0, 0.1) is 0 Å². The summed E-state index contributed by atoms with van der Waals surface area (Å²) in [6.07, 6.45) is 0.919. The average Bonchev–Trinajstić information content (AvgIpc) is 2.93. The minimum atomic E-state index is -3.24. The van der Waals surface area contributed by atoms with Crippen LogP contribution in [0.5, 0.6) is 0 Å². The Hall–Kier alpha value is -1.11. The second-order valence-electron chi connectivity index (χ2n) is 5.52. The highest BCUT2D eigenvalue weighted by atomic mass is 32.2. The molecule has 1 fully saturated rings. The monoisotopic (exact) mass is 311 g/mol. The van der Waals surface area contributed by atoms with Gasteiger partial charge in [-0.25, -0.2) is 12.7 Å². The van der Waals surface area contributed by atoms with Crippen molar-refractivity contribution in [2.75, 3.05) is 31.9 Å². The maximum absolute atomic E-state index is 12.5. The van der Waals surface area contributed by atoms with Crippen LogP contribution in [0.3, 0.4) is 0 Å². The van der Waals surface area contributed by atoms with Crippen molar-refractivity contribution in [3.05, 3.63) is 29.8 Å². The van der Waals surface area contributed by atoms with Gasteiger partial charge in [0.15, 0.2) is 0 Å². The fourth-order valence-electron chi connectivity index (χ4n) is 2.92. The molecule has 1 atom stereocenters. The van der Waals surface area contributed by atoms with E-state index in [1.54, 1.807) is 28.6 Å². The fraction of sp³-hybridized carbons (Fsp3) is 0.600. The summed E-state index contributed by atoms with van der Waals surface area (Å²) in [4.78, 5) is 2.33. The summed E-state index contributed by atoms with van der Waals surface area (Å²) in [6.45, 7) is 7.40. The minimum absolute atomic E-state index is 0.0538. The van der Waals surface area contributed by atoms with Crippen molar-refractivity contribution in [2.24, 2.45) is 0 Å². The molecule has 2 rings (SSSR count). The van der Waals surface area contributed by atoms with E-state index >= 15 is 0 Å². The number of nitrogens with two attached hydrogens (primary N) is 1. The first kappa shape index (κ1) is 16.3. The summed E-state index contributed by atoms with van der Waals surface area (Å²) < 4.78 is 26.6. The molecule has 2 N–H and O–H groups in total. The minimum Gasteiger partial charge on any atom is -0.399 e. The fourth-order valence-corrected chi connectivity index (χ4v) is 4.50. The largest absolute Gasteiger partial charge is 0.399 e. The Balaban J connectivity index is 2.02. The van der Waals surface area contributed by atoms with Crippen molar-refractivity contribution in [1.82, 2.24) is 9.21 Å². The van der Waals surface area contributed by atoms with E-state index in [0.717, 1.165) is 25.1 Å². The summed E-state index contributed by atoms with van der Waals surface area (Å²) >= 11 is 0. The van der Waals surface area contributed by atoms with Crippen LogP contribution in [-0.2, 0) is 15.8 Å². The summed E-state index contributed by atoms with van der Waals surface area (Å²) in [6, 6.07) is 7.40. The highest BCUT2D eigenvalue weighted by molar-refractivity contribution is 7.88. The third-order valence-corrected chi connectivity index (χ3v) is 5.99. The van der Waals surface area contributed by atoms with Crippen molar-refractivity contribution in [3.8, 4) is 0 Å². The number of anilines is 1. The van der Waals surface area contributed by atoms with Crippen LogP contribution in [0.25, 0.3) is 0 Å². The molecule has 1 aliphatic rings. The van der Waals surface area contributed by atoms with Crippen LogP contribution < -0.4 is 5.73 Å². The highest BCUT2D eigenvalue weighted by Gasteiger charge is 2.33. The molecule has 1 aliphatic heterocycles. The molecule has 0 amide bonds.